The first kappa shape index (κ1) is 13.8. The van der Waals surface area contributed by atoms with Crippen LogP contribution in [-0.4, -0.2) is 7.11 Å². The number of benzene rings is 2. The average Bonchev–Trinajstić information content (AvgIpc) is 2.38. The fourth-order valence-electron chi connectivity index (χ4n) is 1.86. The molecule has 1 atom stereocenters. The van der Waals surface area contributed by atoms with Crippen molar-refractivity contribution in [2.45, 2.75) is 12.3 Å². The first-order chi connectivity index (χ1) is 9.02. The van der Waals surface area contributed by atoms with Crippen LogP contribution in [0.4, 0.5) is 8.78 Å². The van der Waals surface area contributed by atoms with Crippen LogP contribution in [0, 0.1) is 18.6 Å². The highest BCUT2D eigenvalue weighted by atomic mass is 35.5. The van der Waals surface area contributed by atoms with E-state index >= 15 is 0 Å². The molecule has 0 heterocycles. The summed E-state index contributed by atoms with van der Waals surface area (Å²) in [6.45, 7) is 1.79. The van der Waals surface area contributed by atoms with Crippen molar-refractivity contribution >= 4 is 11.6 Å². The van der Waals surface area contributed by atoms with Gasteiger partial charge in [0, 0.05) is 5.56 Å². The summed E-state index contributed by atoms with van der Waals surface area (Å²) in [5.41, 5.74) is 1.63. The van der Waals surface area contributed by atoms with Crippen molar-refractivity contribution in [3.05, 3.63) is 64.7 Å². The van der Waals surface area contributed by atoms with Crippen molar-refractivity contribution in [2.24, 2.45) is 0 Å². The van der Waals surface area contributed by atoms with Gasteiger partial charge in [0.1, 0.15) is 5.82 Å². The van der Waals surface area contributed by atoms with Gasteiger partial charge < -0.3 is 4.74 Å². The van der Waals surface area contributed by atoms with Crippen LogP contribution < -0.4 is 4.74 Å². The fraction of sp³-hybridized carbons (Fsp3) is 0.200. The predicted octanol–water partition coefficient (Wildman–Crippen LogP) is 4.61. The zero-order valence-electron chi connectivity index (χ0n) is 10.6. The Morgan fingerprint density at radius 3 is 2.37 bits per heavy atom. The molecule has 2 aromatic rings. The van der Waals surface area contributed by atoms with Crippen LogP contribution in [0.25, 0.3) is 0 Å². The molecule has 0 radical (unpaired) electrons. The maximum atomic E-state index is 13.8. The first-order valence-corrected chi connectivity index (χ1v) is 6.20. The zero-order valence-corrected chi connectivity index (χ0v) is 11.3. The maximum Gasteiger partial charge on any atom is 0.165 e. The van der Waals surface area contributed by atoms with Gasteiger partial charge in [0.05, 0.1) is 12.5 Å². The van der Waals surface area contributed by atoms with E-state index in [2.05, 4.69) is 0 Å². The Balaban J connectivity index is 2.38. The molecule has 4 heteroatoms. The molecule has 0 spiro atoms. The van der Waals surface area contributed by atoms with Crippen LogP contribution in [-0.2, 0) is 0 Å². The number of hydrogen-bond donors (Lipinski definition) is 0. The third kappa shape index (κ3) is 2.87. The summed E-state index contributed by atoms with van der Waals surface area (Å²) >= 11 is 6.21. The monoisotopic (exact) mass is 282 g/mol. The highest BCUT2D eigenvalue weighted by Gasteiger charge is 2.17. The van der Waals surface area contributed by atoms with E-state index in [1.807, 2.05) is 0 Å². The molecule has 0 fully saturated rings. The van der Waals surface area contributed by atoms with E-state index in [4.69, 9.17) is 16.3 Å². The molecule has 100 valence electrons. The highest BCUT2D eigenvalue weighted by Crippen LogP contribution is 2.32. The number of alkyl halides is 1. The lowest BCUT2D eigenvalue weighted by Gasteiger charge is -2.13. The molecule has 0 amide bonds. The number of aryl methyl sites for hydroxylation is 1. The Labute approximate surface area is 115 Å². The van der Waals surface area contributed by atoms with Gasteiger partial charge in [0.25, 0.3) is 0 Å². The van der Waals surface area contributed by atoms with Gasteiger partial charge in [-0.3, -0.25) is 0 Å². The van der Waals surface area contributed by atoms with Gasteiger partial charge in [-0.15, -0.1) is 11.6 Å². The molecule has 0 saturated carbocycles. The van der Waals surface area contributed by atoms with Crippen molar-refractivity contribution in [3.63, 3.8) is 0 Å². The Kier molecular flexibility index (Phi) is 4.05. The molecule has 0 bridgehead atoms. The smallest absolute Gasteiger partial charge is 0.165 e. The number of ether oxygens (including phenoxy) is 1. The minimum absolute atomic E-state index is 0.136. The number of halogens is 3. The predicted molar refractivity (Wildman–Crippen MR) is 71.8 cm³/mol. The summed E-state index contributed by atoms with van der Waals surface area (Å²) in [5, 5.41) is -0.735. The van der Waals surface area contributed by atoms with Crippen LogP contribution in [0.2, 0.25) is 0 Å². The van der Waals surface area contributed by atoms with Crippen LogP contribution in [0.1, 0.15) is 22.1 Å². The lowest BCUT2D eigenvalue weighted by atomic mass is 10.0. The molecular formula is C15H13ClF2O. The largest absolute Gasteiger partial charge is 0.494 e. The Hall–Kier alpha value is -1.61. The second kappa shape index (κ2) is 5.57. The quantitative estimate of drug-likeness (QED) is 0.747. The van der Waals surface area contributed by atoms with Gasteiger partial charge in [-0.25, -0.2) is 8.78 Å². The topological polar surface area (TPSA) is 9.23 Å². The molecule has 0 aliphatic carbocycles. The van der Waals surface area contributed by atoms with Crippen LogP contribution in [0.15, 0.2) is 36.4 Å². The third-order valence-electron chi connectivity index (χ3n) is 2.90. The number of hydrogen-bond acceptors (Lipinski definition) is 1. The van der Waals surface area contributed by atoms with Gasteiger partial charge in [0.15, 0.2) is 11.6 Å². The summed E-state index contributed by atoms with van der Waals surface area (Å²) in [6.07, 6.45) is 0. The van der Waals surface area contributed by atoms with E-state index in [1.165, 1.54) is 25.3 Å². The van der Waals surface area contributed by atoms with E-state index < -0.39 is 17.0 Å². The van der Waals surface area contributed by atoms with Crippen molar-refractivity contribution in [1.29, 1.82) is 0 Å². The zero-order chi connectivity index (χ0) is 14.0. The van der Waals surface area contributed by atoms with E-state index in [-0.39, 0.29) is 5.75 Å². The van der Waals surface area contributed by atoms with Crippen molar-refractivity contribution < 1.29 is 13.5 Å². The third-order valence-corrected chi connectivity index (χ3v) is 3.38. The number of rotatable bonds is 3. The average molecular weight is 283 g/mol. The standard InChI is InChI=1S/C15H13ClF2O/c1-9-3-5-11(12(17)7-9)15(16)10-4-6-14(19-2)13(18)8-10/h3-8,15H,1-2H3. The second-order valence-electron chi connectivity index (χ2n) is 4.28. The molecule has 0 aliphatic rings. The van der Waals surface area contributed by atoms with Gasteiger partial charge in [0.2, 0.25) is 0 Å². The summed E-state index contributed by atoms with van der Waals surface area (Å²) in [4.78, 5) is 0. The van der Waals surface area contributed by atoms with Crippen LogP contribution in [0.3, 0.4) is 0 Å². The van der Waals surface area contributed by atoms with E-state index in [1.54, 1.807) is 25.1 Å². The lowest BCUT2D eigenvalue weighted by molar-refractivity contribution is 0.386. The lowest BCUT2D eigenvalue weighted by Crippen LogP contribution is -1.99. The number of methoxy groups -OCH3 is 1. The molecule has 0 aliphatic heterocycles. The second-order valence-corrected chi connectivity index (χ2v) is 4.72. The Bertz CT molecular complexity index is 599. The van der Waals surface area contributed by atoms with Gasteiger partial charge in [-0.2, -0.15) is 0 Å². The van der Waals surface area contributed by atoms with E-state index in [9.17, 15) is 8.78 Å². The summed E-state index contributed by atoms with van der Waals surface area (Å²) in [6, 6.07) is 9.16. The van der Waals surface area contributed by atoms with E-state index in [0.29, 0.717) is 11.1 Å². The molecule has 0 saturated heterocycles. The molecule has 1 unspecified atom stereocenters. The van der Waals surface area contributed by atoms with Crippen molar-refractivity contribution in [3.8, 4) is 5.75 Å². The molecule has 19 heavy (non-hydrogen) atoms. The Morgan fingerprint density at radius 1 is 1.05 bits per heavy atom. The molecular weight excluding hydrogens is 270 g/mol. The normalized spacial score (nSPS) is 12.3. The van der Waals surface area contributed by atoms with E-state index in [0.717, 1.165) is 5.56 Å². The van der Waals surface area contributed by atoms with Gasteiger partial charge >= 0.3 is 0 Å². The maximum absolute atomic E-state index is 13.8. The highest BCUT2D eigenvalue weighted by molar-refractivity contribution is 6.22. The van der Waals surface area contributed by atoms with Crippen molar-refractivity contribution in [1.82, 2.24) is 0 Å². The van der Waals surface area contributed by atoms with Crippen LogP contribution >= 0.6 is 11.6 Å². The summed E-state index contributed by atoms with van der Waals surface area (Å²) < 4.78 is 32.3. The fourth-order valence-corrected chi connectivity index (χ4v) is 2.17. The first-order valence-electron chi connectivity index (χ1n) is 5.76. The summed E-state index contributed by atoms with van der Waals surface area (Å²) in [7, 11) is 1.38. The van der Waals surface area contributed by atoms with Crippen LogP contribution in [0.5, 0.6) is 5.75 Å². The summed E-state index contributed by atoms with van der Waals surface area (Å²) in [5.74, 6) is -0.772. The minimum Gasteiger partial charge on any atom is -0.494 e. The molecule has 0 N–H and O–H groups in total. The molecule has 0 aromatic heterocycles. The van der Waals surface area contributed by atoms with Gasteiger partial charge in [-0.05, 0) is 36.2 Å². The Morgan fingerprint density at radius 2 is 1.79 bits per heavy atom. The molecule has 2 aromatic carbocycles. The molecule has 1 nitrogen and oxygen atoms in total. The minimum atomic E-state index is -0.735. The van der Waals surface area contributed by atoms with Gasteiger partial charge in [-0.1, -0.05) is 18.2 Å². The van der Waals surface area contributed by atoms with Crippen molar-refractivity contribution in [2.75, 3.05) is 7.11 Å². The molecule has 2 rings (SSSR count). The SMILES string of the molecule is COc1ccc(C(Cl)c2ccc(C)cc2F)cc1F.